The van der Waals surface area contributed by atoms with Crippen molar-refractivity contribution < 1.29 is 9.53 Å². The van der Waals surface area contributed by atoms with Gasteiger partial charge in [0.15, 0.2) is 0 Å². The Labute approximate surface area is 129 Å². The third-order valence-electron chi connectivity index (χ3n) is 3.88. The summed E-state index contributed by atoms with van der Waals surface area (Å²) in [6, 6.07) is 7.55. The molecular weight excluding hydrogens is 282 g/mol. The minimum Gasteiger partial charge on any atom is -0.465 e. The van der Waals surface area contributed by atoms with Crippen LogP contribution in [0.3, 0.4) is 0 Å². The van der Waals surface area contributed by atoms with Gasteiger partial charge in [0, 0.05) is 10.4 Å². The van der Waals surface area contributed by atoms with Gasteiger partial charge in [-0.15, -0.1) is 11.3 Å². The number of carbonyl (C=O) groups is 1. The monoisotopic (exact) mass is 301 g/mol. The molecule has 21 heavy (non-hydrogen) atoms. The normalized spacial score (nSPS) is 14.9. The second kappa shape index (κ2) is 6.39. The van der Waals surface area contributed by atoms with Crippen molar-refractivity contribution in [2.75, 3.05) is 7.11 Å². The van der Waals surface area contributed by atoms with Crippen molar-refractivity contribution in [3.63, 3.8) is 0 Å². The Kier molecular flexibility index (Phi) is 4.34. The fourth-order valence-corrected chi connectivity index (χ4v) is 3.87. The fraction of sp³-hybridized carbons (Fsp3) is 0.412. The topological polar surface area (TPSA) is 39.2 Å². The molecular formula is C17H19NO2S. The van der Waals surface area contributed by atoms with Gasteiger partial charge in [-0.2, -0.15) is 0 Å². The summed E-state index contributed by atoms with van der Waals surface area (Å²) in [6.45, 7) is 0. The standard InChI is InChI=1S/C17H19NO2S/c1-20-17(19)13-8-6-7-12(11-13)16-18-14-9-4-2-3-5-10-15(14)21-16/h6-8,11H,2-5,9-10H2,1H3. The lowest BCUT2D eigenvalue weighted by atomic mass is 10.0. The molecule has 0 N–H and O–H groups in total. The van der Waals surface area contributed by atoms with Crippen molar-refractivity contribution in [3.05, 3.63) is 40.4 Å². The third kappa shape index (κ3) is 3.16. The summed E-state index contributed by atoms with van der Waals surface area (Å²) in [5.74, 6) is -0.299. The van der Waals surface area contributed by atoms with Crippen molar-refractivity contribution in [2.45, 2.75) is 38.5 Å². The Morgan fingerprint density at radius 1 is 1.19 bits per heavy atom. The van der Waals surface area contributed by atoms with Crippen LogP contribution in [0.4, 0.5) is 0 Å². The van der Waals surface area contributed by atoms with Gasteiger partial charge in [0.05, 0.1) is 18.4 Å². The summed E-state index contributed by atoms with van der Waals surface area (Å²) in [5.41, 5.74) is 2.85. The zero-order valence-corrected chi connectivity index (χ0v) is 13.0. The molecule has 1 heterocycles. The molecule has 1 aliphatic carbocycles. The smallest absolute Gasteiger partial charge is 0.337 e. The number of aromatic nitrogens is 1. The van der Waals surface area contributed by atoms with Gasteiger partial charge in [-0.05, 0) is 37.8 Å². The first-order valence-electron chi connectivity index (χ1n) is 7.45. The Bertz CT molecular complexity index is 622. The van der Waals surface area contributed by atoms with E-state index in [1.165, 1.54) is 43.4 Å². The molecule has 3 rings (SSSR count). The summed E-state index contributed by atoms with van der Waals surface area (Å²) in [4.78, 5) is 17.9. The molecule has 0 bridgehead atoms. The van der Waals surface area contributed by atoms with Crippen LogP contribution in [0.2, 0.25) is 0 Å². The quantitative estimate of drug-likeness (QED) is 0.778. The number of fused-ring (bicyclic) bond motifs is 1. The summed E-state index contributed by atoms with van der Waals surface area (Å²) in [6.07, 6.45) is 7.36. The minimum absolute atomic E-state index is 0.299. The Morgan fingerprint density at radius 2 is 2.00 bits per heavy atom. The van der Waals surface area contributed by atoms with Crippen molar-refractivity contribution >= 4 is 17.3 Å². The maximum absolute atomic E-state index is 11.6. The van der Waals surface area contributed by atoms with Crippen molar-refractivity contribution in [1.29, 1.82) is 0 Å². The Morgan fingerprint density at radius 3 is 2.81 bits per heavy atom. The molecule has 1 aromatic heterocycles. The maximum atomic E-state index is 11.6. The first-order chi connectivity index (χ1) is 10.3. The van der Waals surface area contributed by atoms with E-state index >= 15 is 0 Å². The number of hydrogen-bond acceptors (Lipinski definition) is 4. The lowest BCUT2D eigenvalue weighted by Gasteiger charge is -2.06. The van der Waals surface area contributed by atoms with Crippen LogP contribution in [0.1, 0.15) is 46.6 Å². The van der Waals surface area contributed by atoms with Gasteiger partial charge in [-0.1, -0.05) is 25.0 Å². The highest BCUT2D eigenvalue weighted by Gasteiger charge is 2.15. The van der Waals surface area contributed by atoms with Crippen LogP contribution >= 0.6 is 11.3 Å². The minimum atomic E-state index is -0.299. The molecule has 0 aliphatic heterocycles. The van der Waals surface area contributed by atoms with Crippen LogP contribution in [0.5, 0.6) is 0 Å². The number of benzene rings is 1. The average molecular weight is 301 g/mol. The van der Waals surface area contributed by atoms with E-state index in [2.05, 4.69) is 0 Å². The van der Waals surface area contributed by atoms with Crippen molar-refractivity contribution in [2.24, 2.45) is 0 Å². The molecule has 3 nitrogen and oxygen atoms in total. The molecule has 0 fully saturated rings. The second-order valence-corrected chi connectivity index (χ2v) is 6.46. The number of carbonyl (C=O) groups excluding carboxylic acids is 1. The Hall–Kier alpha value is -1.68. The number of thiazole rings is 1. The van der Waals surface area contributed by atoms with Gasteiger partial charge in [-0.3, -0.25) is 0 Å². The van der Waals surface area contributed by atoms with Crippen molar-refractivity contribution in [3.8, 4) is 10.6 Å². The number of nitrogens with zero attached hydrogens (tertiary/aromatic N) is 1. The first kappa shape index (κ1) is 14.3. The molecule has 0 radical (unpaired) electrons. The SMILES string of the molecule is COC(=O)c1cccc(-c2nc3c(s2)CCCCCC3)c1. The summed E-state index contributed by atoms with van der Waals surface area (Å²) >= 11 is 1.78. The molecule has 0 spiro atoms. The molecule has 0 saturated carbocycles. The average Bonchev–Trinajstić information content (AvgIpc) is 2.89. The maximum Gasteiger partial charge on any atom is 0.337 e. The Balaban J connectivity index is 1.93. The van der Waals surface area contributed by atoms with Crippen LogP contribution in [-0.2, 0) is 17.6 Å². The molecule has 0 atom stereocenters. The van der Waals surface area contributed by atoms with Crippen molar-refractivity contribution in [1.82, 2.24) is 4.98 Å². The predicted molar refractivity (Wildman–Crippen MR) is 84.8 cm³/mol. The number of hydrogen-bond donors (Lipinski definition) is 0. The number of rotatable bonds is 2. The van der Waals surface area contributed by atoms with Gasteiger partial charge in [0.2, 0.25) is 0 Å². The van der Waals surface area contributed by atoms with Gasteiger partial charge < -0.3 is 4.74 Å². The van der Waals surface area contributed by atoms with Gasteiger partial charge in [0.1, 0.15) is 5.01 Å². The highest BCUT2D eigenvalue weighted by molar-refractivity contribution is 7.15. The second-order valence-electron chi connectivity index (χ2n) is 5.38. The van der Waals surface area contributed by atoms with E-state index in [9.17, 15) is 4.79 Å². The van der Waals surface area contributed by atoms with E-state index in [1.54, 1.807) is 17.4 Å². The summed E-state index contributed by atoms with van der Waals surface area (Å²) in [5, 5.41) is 1.02. The van der Waals surface area contributed by atoms with E-state index in [0.717, 1.165) is 23.4 Å². The van der Waals surface area contributed by atoms with E-state index in [1.807, 2.05) is 18.2 Å². The highest BCUT2D eigenvalue weighted by atomic mass is 32.1. The van der Waals surface area contributed by atoms with E-state index in [4.69, 9.17) is 9.72 Å². The number of methoxy groups -OCH3 is 1. The van der Waals surface area contributed by atoms with E-state index in [-0.39, 0.29) is 5.97 Å². The molecule has 0 saturated heterocycles. The summed E-state index contributed by atoms with van der Waals surface area (Å²) in [7, 11) is 1.41. The van der Waals surface area contributed by atoms with E-state index < -0.39 is 0 Å². The third-order valence-corrected chi connectivity index (χ3v) is 5.08. The molecule has 0 unspecified atom stereocenters. The highest BCUT2D eigenvalue weighted by Crippen LogP contribution is 2.32. The van der Waals surface area contributed by atoms with Gasteiger partial charge in [0.25, 0.3) is 0 Å². The van der Waals surface area contributed by atoms with Crippen LogP contribution < -0.4 is 0 Å². The largest absolute Gasteiger partial charge is 0.465 e. The first-order valence-corrected chi connectivity index (χ1v) is 8.27. The number of ether oxygens (including phenoxy) is 1. The molecule has 2 aromatic rings. The van der Waals surface area contributed by atoms with E-state index in [0.29, 0.717) is 5.56 Å². The number of esters is 1. The zero-order chi connectivity index (χ0) is 14.7. The summed E-state index contributed by atoms with van der Waals surface area (Å²) < 4.78 is 4.79. The molecule has 4 heteroatoms. The lowest BCUT2D eigenvalue weighted by Crippen LogP contribution is -2.00. The van der Waals surface area contributed by atoms with Crippen LogP contribution in [0.15, 0.2) is 24.3 Å². The zero-order valence-electron chi connectivity index (χ0n) is 12.2. The molecule has 1 aliphatic rings. The lowest BCUT2D eigenvalue weighted by molar-refractivity contribution is 0.0601. The van der Waals surface area contributed by atoms with Gasteiger partial charge in [-0.25, -0.2) is 9.78 Å². The molecule has 0 amide bonds. The van der Waals surface area contributed by atoms with Crippen LogP contribution in [-0.4, -0.2) is 18.1 Å². The van der Waals surface area contributed by atoms with Crippen LogP contribution in [0.25, 0.3) is 10.6 Å². The molecule has 110 valence electrons. The molecule has 1 aromatic carbocycles. The predicted octanol–water partition coefficient (Wildman–Crippen LogP) is 4.26. The number of aryl methyl sites for hydroxylation is 2. The van der Waals surface area contributed by atoms with Crippen LogP contribution in [0, 0.1) is 0 Å². The van der Waals surface area contributed by atoms with Gasteiger partial charge >= 0.3 is 5.97 Å². The fourth-order valence-electron chi connectivity index (χ4n) is 2.73.